The Labute approximate surface area is 107 Å². The van der Waals surface area contributed by atoms with Crippen LogP contribution < -0.4 is 5.73 Å². The lowest BCUT2D eigenvalue weighted by Gasteiger charge is -2.17. The van der Waals surface area contributed by atoms with Gasteiger partial charge in [-0.15, -0.1) is 0 Å². The normalized spacial score (nSPS) is 22.6. The Hall–Kier alpha value is -0.550. The lowest BCUT2D eigenvalue weighted by molar-refractivity contribution is 0.342. The van der Waals surface area contributed by atoms with Crippen molar-refractivity contribution < 1.29 is 4.52 Å². The molecule has 1 aromatic heterocycles. The Morgan fingerprint density at radius 2 is 2.41 bits per heavy atom. The Morgan fingerprint density at radius 1 is 1.53 bits per heavy atom. The van der Waals surface area contributed by atoms with Crippen molar-refractivity contribution in [1.29, 1.82) is 0 Å². The third-order valence-electron chi connectivity index (χ3n) is 3.11. The summed E-state index contributed by atoms with van der Waals surface area (Å²) in [6.45, 7) is 2.16. The van der Waals surface area contributed by atoms with Gasteiger partial charge in [0.1, 0.15) is 0 Å². The van der Waals surface area contributed by atoms with Gasteiger partial charge in [-0.1, -0.05) is 31.3 Å². The van der Waals surface area contributed by atoms with Gasteiger partial charge in [-0.25, -0.2) is 0 Å². The van der Waals surface area contributed by atoms with E-state index in [0.29, 0.717) is 11.1 Å². The van der Waals surface area contributed by atoms with E-state index in [1.165, 1.54) is 18.6 Å². The second kappa shape index (κ2) is 6.40. The van der Waals surface area contributed by atoms with Gasteiger partial charge in [0.25, 0.3) is 0 Å². The molecular formula is C12H21N3OS. The largest absolute Gasteiger partial charge is 0.338 e. The number of hydrogen-bond acceptors (Lipinski definition) is 5. The SMILES string of the molecule is CCCC[C@H](N)c1nc(C2CCCCS2)no1. The van der Waals surface area contributed by atoms with Gasteiger partial charge in [0.15, 0.2) is 5.82 Å². The molecule has 0 amide bonds. The first-order valence-corrected chi connectivity index (χ1v) is 7.56. The van der Waals surface area contributed by atoms with Gasteiger partial charge in [0, 0.05) is 0 Å². The van der Waals surface area contributed by atoms with Crippen molar-refractivity contribution in [2.45, 2.75) is 56.7 Å². The van der Waals surface area contributed by atoms with Crippen molar-refractivity contribution in [3.63, 3.8) is 0 Å². The highest BCUT2D eigenvalue weighted by Gasteiger charge is 2.23. The molecule has 1 fully saturated rings. The van der Waals surface area contributed by atoms with Crippen molar-refractivity contribution in [2.24, 2.45) is 5.73 Å². The fourth-order valence-electron chi connectivity index (χ4n) is 2.02. The minimum Gasteiger partial charge on any atom is -0.338 e. The van der Waals surface area contributed by atoms with Crippen molar-refractivity contribution in [3.05, 3.63) is 11.7 Å². The molecule has 1 aliphatic rings. The molecule has 1 aromatic rings. The number of hydrogen-bond donors (Lipinski definition) is 1. The molecule has 1 saturated heterocycles. The van der Waals surface area contributed by atoms with E-state index >= 15 is 0 Å². The van der Waals surface area contributed by atoms with Gasteiger partial charge in [-0.05, 0) is 25.0 Å². The second-order valence-electron chi connectivity index (χ2n) is 4.59. The minimum absolute atomic E-state index is 0.0928. The van der Waals surface area contributed by atoms with E-state index in [2.05, 4.69) is 17.1 Å². The summed E-state index contributed by atoms with van der Waals surface area (Å²) in [4.78, 5) is 4.46. The summed E-state index contributed by atoms with van der Waals surface area (Å²) >= 11 is 1.93. The van der Waals surface area contributed by atoms with Crippen molar-refractivity contribution in [1.82, 2.24) is 10.1 Å². The van der Waals surface area contributed by atoms with E-state index < -0.39 is 0 Å². The van der Waals surface area contributed by atoms with Crippen LogP contribution in [0.4, 0.5) is 0 Å². The summed E-state index contributed by atoms with van der Waals surface area (Å²) in [5, 5.41) is 4.50. The monoisotopic (exact) mass is 255 g/mol. The van der Waals surface area contributed by atoms with Crippen LogP contribution in [0.3, 0.4) is 0 Å². The molecule has 1 unspecified atom stereocenters. The Balaban J connectivity index is 1.94. The number of nitrogens with zero attached hydrogens (tertiary/aromatic N) is 2. The third kappa shape index (κ3) is 3.45. The molecular weight excluding hydrogens is 234 g/mol. The smallest absolute Gasteiger partial charge is 0.243 e. The fourth-order valence-corrected chi connectivity index (χ4v) is 3.25. The topological polar surface area (TPSA) is 64.9 Å². The van der Waals surface area contributed by atoms with Crippen LogP contribution in [-0.4, -0.2) is 15.9 Å². The molecule has 1 aliphatic heterocycles. The van der Waals surface area contributed by atoms with Crippen molar-refractivity contribution in [2.75, 3.05) is 5.75 Å². The molecule has 17 heavy (non-hydrogen) atoms. The Morgan fingerprint density at radius 3 is 3.12 bits per heavy atom. The first kappa shape index (κ1) is 12.9. The van der Waals surface area contributed by atoms with Gasteiger partial charge in [-0.2, -0.15) is 16.7 Å². The maximum atomic E-state index is 6.02. The molecule has 0 aliphatic carbocycles. The zero-order chi connectivity index (χ0) is 12.1. The lowest BCUT2D eigenvalue weighted by atomic mass is 10.1. The van der Waals surface area contributed by atoms with E-state index in [4.69, 9.17) is 10.3 Å². The molecule has 2 heterocycles. The fraction of sp³-hybridized carbons (Fsp3) is 0.833. The quantitative estimate of drug-likeness (QED) is 0.875. The second-order valence-corrected chi connectivity index (χ2v) is 5.91. The van der Waals surface area contributed by atoms with Crippen molar-refractivity contribution in [3.8, 4) is 0 Å². The van der Waals surface area contributed by atoms with Gasteiger partial charge in [-0.3, -0.25) is 0 Å². The summed E-state index contributed by atoms with van der Waals surface area (Å²) in [6.07, 6.45) is 6.92. The van der Waals surface area contributed by atoms with Gasteiger partial charge in [0.05, 0.1) is 11.3 Å². The molecule has 4 nitrogen and oxygen atoms in total. The number of aromatic nitrogens is 2. The first-order valence-electron chi connectivity index (χ1n) is 6.52. The zero-order valence-corrected chi connectivity index (χ0v) is 11.2. The maximum absolute atomic E-state index is 6.02. The summed E-state index contributed by atoms with van der Waals surface area (Å²) in [6, 6.07) is -0.0928. The minimum atomic E-state index is -0.0928. The predicted molar refractivity (Wildman–Crippen MR) is 69.8 cm³/mol. The molecule has 5 heteroatoms. The summed E-state index contributed by atoms with van der Waals surface area (Å²) in [5.41, 5.74) is 6.02. The highest BCUT2D eigenvalue weighted by atomic mass is 32.2. The van der Waals surface area contributed by atoms with Crippen LogP contribution in [-0.2, 0) is 0 Å². The summed E-state index contributed by atoms with van der Waals surface area (Å²) < 4.78 is 5.28. The zero-order valence-electron chi connectivity index (χ0n) is 10.4. The number of thioether (sulfide) groups is 1. The first-order chi connectivity index (χ1) is 8.31. The molecule has 0 spiro atoms. The van der Waals surface area contributed by atoms with E-state index in [1.807, 2.05) is 11.8 Å². The van der Waals surface area contributed by atoms with Gasteiger partial charge < -0.3 is 10.3 Å². The summed E-state index contributed by atoms with van der Waals surface area (Å²) in [7, 11) is 0. The van der Waals surface area contributed by atoms with Crippen LogP contribution in [0.2, 0.25) is 0 Å². The number of nitrogens with two attached hydrogens (primary N) is 1. The summed E-state index contributed by atoms with van der Waals surface area (Å²) in [5.74, 6) is 2.66. The number of rotatable bonds is 5. The lowest BCUT2D eigenvalue weighted by Crippen LogP contribution is -2.11. The van der Waals surface area contributed by atoms with Crippen LogP contribution in [0, 0.1) is 0 Å². The molecule has 0 saturated carbocycles. The van der Waals surface area contributed by atoms with Crippen molar-refractivity contribution >= 4 is 11.8 Å². The van der Waals surface area contributed by atoms with Crippen LogP contribution in [0.5, 0.6) is 0 Å². The highest BCUT2D eigenvalue weighted by molar-refractivity contribution is 7.99. The molecule has 2 N–H and O–H groups in total. The maximum Gasteiger partial charge on any atom is 0.243 e. The third-order valence-corrected chi connectivity index (χ3v) is 4.48. The molecule has 0 aromatic carbocycles. The molecule has 0 radical (unpaired) electrons. The Bertz CT molecular complexity index is 336. The van der Waals surface area contributed by atoms with Crippen LogP contribution in [0.1, 0.15) is 68.5 Å². The van der Waals surface area contributed by atoms with E-state index in [0.717, 1.165) is 31.5 Å². The average Bonchev–Trinajstić information content (AvgIpc) is 2.86. The van der Waals surface area contributed by atoms with E-state index in [-0.39, 0.29) is 6.04 Å². The van der Waals surface area contributed by atoms with E-state index in [1.54, 1.807) is 0 Å². The van der Waals surface area contributed by atoms with E-state index in [9.17, 15) is 0 Å². The average molecular weight is 255 g/mol. The molecule has 2 atom stereocenters. The van der Waals surface area contributed by atoms with Gasteiger partial charge >= 0.3 is 0 Å². The number of unbranched alkanes of at least 4 members (excludes halogenated alkanes) is 1. The highest BCUT2D eigenvalue weighted by Crippen LogP contribution is 2.36. The molecule has 96 valence electrons. The van der Waals surface area contributed by atoms with Crippen LogP contribution in [0.25, 0.3) is 0 Å². The molecule has 0 bridgehead atoms. The van der Waals surface area contributed by atoms with Crippen LogP contribution in [0.15, 0.2) is 4.52 Å². The molecule has 2 rings (SSSR count). The van der Waals surface area contributed by atoms with Crippen LogP contribution >= 0.6 is 11.8 Å². The standard InChI is InChI=1S/C12H21N3OS/c1-2-3-6-9(13)12-14-11(15-16-12)10-7-4-5-8-17-10/h9-10H,2-8,13H2,1H3/t9-,10?/m0/s1. The van der Waals surface area contributed by atoms with Gasteiger partial charge in [0.2, 0.25) is 5.89 Å². The predicted octanol–water partition coefficient (Wildman–Crippen LogP) is 3.22. The Kier molecular flexibility index (Phi) is 4.86.